The predicted octanol–water partition coefficient (Wildman–Crippen LogP) is 1.97. The lowest BCUT2D eigenvalue weighted by Gasteiger charge is -2.18. The summed E-state index contributed by atoms with van der Waals surface area (Å²) in [6.45, 7) is 0.310. The van der Waals surface area contributed by atoms with Crippen LogP contribution in [0.3, 0.4) is 0 Å². The molecule has 0 spiro atoms. The summed E-state index contributed by atoms with van der Waals surface area (Å²) < 4.78 is 0. The number of hydrogen-bond acceptors (Lipinski definition) is 3. The summed E-state index contributed by atoms with van der Waals surface area (Å²) in [6, 6.07) is 16.9. The Hall–Kier alpha value is -3.15. The molecule has 0 aromatic heterocycles. The minimum Gasteiger partial charge on any atom is -0.481 e. The fourth-order valence-electron chi connectivity index (χ4n) is 2.28. The van der Waals surface area contributed by atoms with Crippen LogP contribution < -0.4 is 10.6 Å². The molecular formula is C19H20N2O4. The number of carboxylic acids is 1. The first-order chi connectivity index (χ1) is 12.1. The van der Waals surface area contributed by atoms with E-state index in [0.29, 0.717) is 12.1 Å². The lowest BCUT2D eigenvalue weighted by atomic mass is 10.1. The van der Waals surface area contributed by atoms with Crippen molar-refractivity contribution in [3.63, 3.8) is 0 Å². The highest BCUT2D eigenvalue weighted by molar-refractivity contribution is 5.97. The molecule has 130 valence electrons. The van der Waals surface area contributed by atoms with Gasteiger partial charge in [0.2, 0.25) is 5.91 Å². The summed E-state index contributed by atoms with van der Waals surface area (Å²) in [5.74, 6) is -1.84. The first-order valence-corrected chi connectivity index (χ1v) is 7.95. The zero-order chi connectivity index (χ0) is 18.1. The Morgan fingerprint density at radius 2 is 1.52 bits per heavy atom. The second-order valence-corrected chi connectivity index (χ2v) is 5.53. The van der Waals surface area contributed by atoms with E-state index in [1.807, 2.05) is 30.3 Å². The van der Waals surface area contributed by atoms with Gasteiger partial charge in [-0.3, -0.25) is 14.4 Å². The molecule has 0 bridgehead atoms. The molecule has 25 heavy (non-hydrogen) atoms. The number of rotatable bonds is 8. The Balaban J connectivity index is 1.99. The number of benzene rings is 2. The molecule has 2 aromatic carbocycles. The van der Waals surface area contributed by atoms with Crippen LogP contribution in [0.2, 0.25) is 0 Å². The van der Waals surface area contributed by atoms with Crippen LogP contribution in [0.4, 0.5) is 0 Å². The van der Waals surface area contributed by atoms with E-state index in [9.17, 15) is 14.4 Å². The van der Waals surface area contributed by atoms with Crippen molar-refractivity contribution in [3.8, 4) is 0 Å². The van der Waals surface area contributed by atoms with E-state index in [1.54, 1.807) is 30.3 Å². The van der Waals surface area contributed by atoms with Crippen LogP contribution in [-0.2, 0) is 16.1 Å². The minimum absolute atomic E-state index is 0.0224. The number of amides is 2. The molecule has 6 nitrogen and oxygen atoms in total. The summed E-state index contributed by atoms with van der Waals surface area (Å²) in [5, 5.41) is 14.2. The second-order valence-electron chi connectivity index (χ2n) is 5.53. The molecule has 1 atom stereocenters. The van der Waals surface area contributed by atoms with E-state index in [4.69, 9.17) is 5.11 Å². The van der Waals surface area contributed by atoms with Crippen LogP contribution in [0.1, 0.15) is 28.8 Å². The van der Waals surface area contributed by atoms with Crippen LogP contribution in [0, 0.1) is 0 Å². The van der Waals surface area contributed by atoms with Crippen LogP contribution in [0.15, 0.2) is 60.7 Å². The van der Waals surface area contributed by atoms with Gasteiger partial charge in [-0.25, -0.2) is 0 Å². The maximum absolute atomic E-state index is 12.4. The van der Waals surface area contributed by atoms with Crippen LogP contribution in [0.5, 0.6) is 0 Å². The van der Waals surface area contributed by atoms with E-state index >= 15 is 0 Å². The molecule has 3 N–H and O–H groups in total. The average molecular weight is 340 g/mol. The van der Waals surface area contributed by atoms with Crippen molar-refractivity contribution in [1.29, 1.82) is 0 Å². The Kier molecular flexibility index (Phi) is 6.71. The fourth-order valence-corrected chi connectivity index (χ4v) is 2.28. The lowest BCUT2D eigenvalue weighted by molar-refractivity contribution is -0.137. The largest absolute Gasteiger partial charge is 0.481 e. The Labute approximate surface area is 145 Å². The number of aliphatic carboxylic acids is 1. The topological polar surface area (TPSA) is 95.5 Å². The molecule has 0 saturated heterocycles. The lowest BCUT2D eigenvalue weighted by Crippen LogP contribution is -2.46. The highest BCUT2D eigenvalue weighted by Crippen LogP contribution is 2.04. The molecule has 0 saturated carbocycles. The summed E-state index contributed by atoms with van der Waals surface area (Å²) in [7, 11) is 0. The molecule has 2 amide bonds. The van der Waals surface area contributed by atoms with Gasteiger partial charge in [0.15, 0.2) is 0 Å². The van der Waals surface area contributed by atoms with E-state index in [1.165, 1.54) is 0 Å². The zero-order valence-corrected chi connectivity index (χ0v) is 13.6. The van der Waals surface area contributed by atoms with Crippen LogP contribution in [0.25, 0.3) is 0 Å². The van der Waals surface area contributed by atoms with Gasteiger partial charge in [-0.2, -0.15) is 0 Å². The van der Waals surface area contributed by atoms with E-state index < -0.39 is 23.8 Å². The summed E-state index contributed by atoms with van der Waals surface area (Å²) in [5.41, 5.74) is 1.33. The van der Waals surface area contributed by atoms with Crippen molar-refractivity contribution in [2.75, 3.05) is 0 Å². The third-order valence-electron chi connectivity index (χ3n) is 3.61. The van der Waals surface area contributed by atoms with Gasteiger partial charge in [-0.15, -0.1) is 0 Å². The SMILES string of the molecule is O=C(O)CCC(NC(=O)c1ccccc1)C(=O)NCc1ccccc1. The predicted molar refractivity (Wildman–Crippen MR) is 92.9 cm³/mol. The van der Waals surface area contributed by atoms with Crippen molar-refractivity contribution in [1.82, 2.24) is 10.6 Å². The highest BCUT2D eigenvalue weighted by atomic mass is 16.4. The van der Waals surface area contributed by atoms with Crippen LogP contribution >= 0.6 is 0 Å². The van der Waals surface area contributed by atoms with Gasteiger partial charge in [-0.1, -0.05) is 48.5 Å². The number of carbonyl (C=O) groups is 3. The molecule has 6 heteroatoms. The van der Waals surface area contributed by atoms with Gasteiger partial charge >= 0.3 is 5.97 Å². The van der Waals surface area contributed by atoms with Gasteiger partial charge in [0.25, 0.3) is 5.91 Å². The van der Waals surface area contributed by atoms with Crippen molar-refractivity contribution < 1.29 is 19.5 Å². The van der Waals surface area contributed by atoms with Gasteiger partial charge < -0.3 is 15.7 Å². The molecular weight excluding hydrogens is 320 g/mol. The maximum Gasteiger partial charge on any atom is 0.303 e. The van der Waals surface area contributed by atoms with E-state index in [-0.39, 0.29) is 12.8 Å². The van der Waals surface area contributed by atoms with E-state index in [0.717, 1.165) is 5.56 Å². The van der Waals surface area contributed by atoms with Crippen molar-refractivity contribution in [3.05, 3.63) is 71.8 Å². The summed E-state index contributed by atoms with van der Waals surface area (Å²) >= 11 is 0. The molecule has 0 radical (unpaired) electrons. The van der Waals surface area contributed by atoms with Gasteiger partial charge in [0.05, 0.1) is 0 Å². The molecule has 2 aromatic rings. The Morgan fingerprint density at radius 3 is 2.12 bits per heavy atom. The number of hydrogen-bond donors (Lipinski definition) is 3. The first-order valence-electron chi connectivity index (χ1n) is 7.95. The standard InChI is InChI=1S/C19H20N2O4/c22-17(23)12-11-16(21-18(24)15-9-5-2-6-10-15)19(25)20-13-14-7-3-1-4-8-14/h1-10,16H,11-13H2,(H,20,25)(H,21,24)(H,22,23). The molecule has 1 unspecified atom stereocenters. The summed E-state index contributed by atoms with van der Waals surface area (Å²) in [6.07, 6.45) is -0.187. The maximum atomic E-state index is 12.4. The second kappa shape index (κ2) is 9.22. The molecule has 0 fully saturated rings. The van der Waals surface area contributed by atoms with Crippen LogP contribution in [-0.4, -0.2) is 28.9 Å². The third kappa shape index (κ3) is 6.10. The summed E-state index contributed by atoms with van der Waals surface area (Å²) in [4.78, 5) is 35.4. The normalized spacial score (nSPS) is 11.4. The zero-order valence-electron chi connectivity index (χ0n) is 13.6. The number of carboxylic acid groups (broad SMARTS) is 1. The minimum atomic E-state index is -1.02. The van der Waals surface area contributed by atoms with Gasteiger partial charge in [0.1, 0.15) is 6.04 Å². The Bertz CT molecular complexity index is 717. The quantitative estimate of drug-likeness (QED) is 0.684. The monoisotopic (exact) mass is 340 g/mol. The Morgan fingerprint density at radius 1 is 0.920 bits per heavy atom. The molecule has 0 aliphatic heterocycles. The first kappa shape index (κ1) is 18.2. The van der Waals surface area contributed by atoms with Crippen molar-refractivity contribution >= 4 is 17.8 Å². The molecule has 2 rings (SSSR count). The molecule has 0 heterocycles. The third-order valence-corrected chi connectivity index (χ3v) is 3.61. The van der Waals surface area contributed by atoms with Crippen molar-refractivity contribution in [2.45, 2.75) is 25.4 Å². The fraction of sp³-hybridized carbons (Fsp3) is 0.211. The van der Waals surface area contributed by atoms with Gasteiger partial charge in [-0.05, 0) is 24.1 Å². The molecule has 0 aliphatic carbocycles. The average Bonchev–Trinajstić information content (AvgIpc) is 2.64. The van der Waals surface area contributed by atoms with E-state index in [2.05, 4.69) is 10.6 Å². The van der Waals surface area contributed by atoms with Gasteiger partial charge in [0, 0.05) is 18.5 Å². The molecule has 0 aliphatic rings. The highest BCUT2D eigenvalue weighted by Gasteiger charge is 2.22. The number of nitrogens with one attached hydrogen (secondary N) is 2. The number of carbonyl (C=O) groups excluding carboxylic acids is 2. The smallest absolute Gasteiger partial charge is 0.303 e. The van der Waals surface area contributed by atoms with Crippen molar-refractivity contribution in [2.24, 2.45) is 0 Å².